The molecular weight excluding hydrogens is 335 g/mol. The monoisotopic (exact) mass is 354 g/mol. The van der Waals surface area contributed by atoms with Gasteiger partial charge in [-0.05, 0) is 45.9 Å². The summed E-state index contributed by atoms with van der Waals surface area (Å²) in [4.78, 5) is 12.1. The van der Waals surface area contributed by atoms with E-state index in [2.05, 4.69) is 20.8 Å². The molecule has 0 radical (unpaired) electrons. The minimum Gasteiger partial charge on any atom is -0.351 e. The van der Waals surface area contributed by atoms with Crippen molar-refractivity contribution in [1.82, 2.24) is 15.5 Å². The van der Waals surface area contributed by atoms with Gasteiger partial charge in [0.1, 0.15) is 5.82 Å². The fourth-order valence-corrected chi connectivity index (χ4v) is 3.59. The van der Waals surface area contributed by atoms with Crippen LogP contribution in [0.5, 0.6) is 0 Å². The summed E-state index contributed by atoms with van der Waals surface area (Å²) in [6, 6.07) is 6.12. The van der Waals surface area contributed by atoms with Crippen LogP contribution in [0.2, 0.25) is 0 Å². The van der Waals surface area contributed by atoms with Crippen LogP contribution in [-0.4, -0.2) is 26.9 Å². The van der Waals surface area contributed by atoms with Crippen molar-refractivity contribution in [1.29, 1.82) is 0 Å². The van der Waals surface area contributed by atoms with Crippen molar-refractivity contribution in [3.05, 3.63) is 30.1 Å². The zero-order chi connectivity index (χ0) is 17.0. The smallest absolute Gasteiger partial charge is 0.233 e. The van der Waals surface area contributed by atoms with Crippen LogP contribution in [0, 0.1) is 5.82 Å². The Morgan fingerprint density at radius 3 is 2.74 bits per heavy atom. The normalized spacial score (nSPS) is 12.7. The summed E-state index contributed by atoms with van der Waals surface area (Å²) in [7, 11) is 0. The predicted octanol–water partition coefficient (Wildman–Crippen LogP) is 3.82. The van der Waals surface area contributed by atoms with Crippen LogP contribution in [0.25, 0.3) is 0 Å². The number of nitrogens with zero attached hydrogens (tertiary/aromatic N) is 2. The fourth-order valence-electron chi connectivity index (χ4n) is 1.67. The van der Waals surface area contributed by atoms with Crippen LogP contribution < -0.4 is 10.6 Å². The van der Waals surface area contributed by atoms with E-state index >= 15 is 0 Å². The van der Waals surface area contributed by atoms with Gasteiger partial charge in [-0.25, -0.2) is 4.39 Å². The summed E-state index contributed by atoms with van der Waals surface area (Å²) < 4.78 is 13.8. The zero-order valence-corrected chi connectivity index (χ0v) is 15.0. The molecule has 2 aromatic rings. The lowest BCUT2D eigenvalue weighted by molar-refractivity contribution is -0.121. The maximum atomic E-state index is 13.2. The van der Waals surface area contributed by atoms with Crippen molar-refractivity contribution in [2.45, 2.75) is 42.8 Å². The van der Waals surface area contributed by atoms with Crippen LogP contribution in [0.1, 0.15) is 27.7 Å². The van der Waals surface area contributed by atoms with Crippen molar-refractivity contribution in [2.75, 3.05) is 5.32 Å². The predicted molar refractivity (Wildman–Crippen MR) is 92.8 cm³/mol. The Kier molecular flexibility index (Phi) is 5.59. The minimum atomic E-state index is -0.318. The minimum absolute atomic E-state index is 0.0441. The summed E-state index contributed by atoms with van der Waals surface area (Å²) >= 11 is 2.67. The van der Waals surface area contributed by atoms with E-state index in [1.165, 1.54) is 35.2 Å². The quantitative estimate of drug-likeness (QED) is 0.799. The molecule has 0 aliphatic heterocycles. The number of carbonyl (C=O) groups is 1. The summed E-state index contributed by atoms with van der Waals surface area (Å²) in [6.07, 6.45) is 0. The topological polar surface area (TPSA) is 66.9 Å². The van der Waals surface area contributed by atoms with Gasteiger partial charge in [0.05, 0.1) is 5.25 Å². The van der Waals surface area contributed by atoms with Gasteiger partial charge in [-0.2, -0.15) is 0 Å². The first-order valence-electron chi connectivity index (χ1n) is 7.08. The number of rotatable bonds is 5. The third-order valence-electron chi connectivity index (χ3n) is 2.63. The number of thioether (sulfide) groups is 1. The fraction of sp³-hybridized carbons (Fsp3) is 0.400. The van der Waals surface area contributed by atoms with Crippen molar-refractivity contribution in [2.24, 2.45) is 0 Å². The molecule has 8 heteroatoms. The molecule has 0 aliphatic rings. The molecule has 0 saturated carbocycles. The number of amides is 1. The van der Waals surface area contributed by atoms with Gasteiger partial charge in [-0.15, -0.1) is 10.2 Å². The Morgan fingerprint density at radius 2 is 2.09 bits per heavy atom. The highest BCUT2D eigenvalue weighted by atomic mass is 32.2. The molecule has 0 saturated heterocycles. The molecule has 1 aromatic carbocycles. The maximum absolute atomic E-state index is 13.2. The second-order valence-corrected chi connectivity index (χ2v) is 8.57. The molecule has 1 amide bonds. The molecule has 0 aliphatic carbocycles. The summed E-state index contributed by atoms with van der Waals surface area (Å²) in [6.45, 7) is 7.64. The van der Waals surface area contributed by atoms with Crippen molar-refractivity contribution >= 4 is 39.8 Å². The SMILES string of the molecule is C[C@H](Sc1nnc(Nc2cccc(F)c2)s1)C(=O)NC(C)(C)C. The first-order valence-corrected chi connectivity index (χ1v) is 8.77. The Labute approximate surface area is 143 Å². The lowest BCUT2D eigenvalue weighted by atomic mass is 10.1. The molecular formula is C15H19FN4OS2. The van der Waals surface area contributed by atoms with Gasteiger partial charge in [-0.3, -0.25) is 4.79 Å². The van der Waals surface area contributed by atoms with Crippen LogP contribution in [-0.2, 0) is 4.79 Å². The van der Waals surface area contributed by atoms with E-state index in [1.807, 2.05) is 27.7 Å². The third-order valence-corrected chi connectivity index (χ3v) is 4.65. The molecule has 23 heavy (non-hydrogen) atoms. The van der Waals surface area contributed by atoms with E-state index in [0.717, 1.165) is 0 Å². The van der Waals surface area contributed by atoms with Gasteiger partial charge in [-0.1, -0.05) is 29.2 Å². The number of anilines is 2. The molecule has 1 heterocycles. The first kappa shape index (κ1) is 17.7. The van der Waals surface area contributed by atoms with Gasteiger partial charge in [0.15, 0.2) is 4.34 Å². The number of nitrogens with one attached hydrogen (secondary N) is 2. The largest absolute Gasteiger partial charge is 0.351 e. The zero-order valence-electron chi connectivity index (χ0n) is 13.4. The second-order valence-electron chi connectivity index (χ2n) is 6.01. The van der Waals surface area contributed by atoms with E-state index in [9.17, 15) is 9.18 Å². The molecule has 0 spiro atoms. The highest BCUT2D eigenvalue weighted by Crippen LogP contribution is 2.30. The average molecular weight is 354 g/mol. The number of hydrogen-bond donors (Lipinski definition) is 2. The Morgan fingerprint density at radius 1 is 1.35 bits per heavy atom. The lowest BCUT2D eigenvalue weighted by Gasteiger charge is -2.22. The Hall–Kier alpha value is -1.67. The number of aromatic nitrogens is 2. The second kappa shape index (κ2) is 7.27. The Balaban J connectivity index is 1.95. The number of hydrogen-bond acceptors (Lipinski definition) is 6. The third kappa shape index (κ3) is 5.80. The van der Waals surface area contributed by atoms with Gasteiger partial charge in [0.25, 0.3) is 0 Å². The van der Waals surface area contributed by atoms with E-state index in [-0.39, 0.29) is 22.5 Å². The molecule has 1 aromatic heterocycles. The summed E-state index contributed by atoms with van der Waals surface area (Å²) in [5, 5.41) is 14.3. The standard InChI is InChI=1S/C15H19FN4OS2/c1-9(12(21)18-15(2,3)4)22-14-20-19-13(23-14)17-11-7-5-6-10(16)8-11/h5-9H,1-4H3,(H,17,19)(H,18,21)/t9-/m0/s1. The van der Waals surface area contributed by atoms with Gasteiger partial charge >= 0.3 is 0 Å². The van der Waals surface area contributed by atoms with Crippen LogP contribution in [0.4, 0.5) is 15.2 Å². The Bertz CT molecular complexity index is 684. The number of carbonyl (C=O) groups excluding carboxylic acids is 1. The van der Waals surface area contributed by atoms with Crippen LogP contribution in [0.15, 0.2) is 28.6 Å². The molecule has 1 atom stereocenters. The van der Waals surface area contributed by atoms with Gasteiger partial charge in [0, 0.05) is 11.2 Å². The lowest BCUT2D eigenvalue weighted by Crippen LogP contribution is -2.44. The van der Waals surface area contributed by atoms with Crippen molar-refractivity contribution in [3.63, 3.8) is 0 Å². The highest BCUT2D eigenvalue weighted by Gasteiger charge is 2.21. The van der Waals surface area contributed by atoms with Crippen molar-refractivity contribution in [3.8, 4) is 0 Å². The van der Waals surface area contributed by atoms with Gasteiger partial charge < -0.3 is 10.6 Å². The van der Waals surface area contributed by atoms with E-state index in [1.54, 1.807) is 12.1 Å². The summed E-state index contributed by atoms with van der Waals surface area (Å²) in [5.41, 5.74) is 0.341. The van der Waals surface area contributed by atoms with E-state index in [4.69, 9.17) is 0 Å². The first-order chi connectivity index (χ1) is 10.7. The number of halogens is 1. The summed E-state index contributed by atoms with van der Waals surface area (Å²) in [5.74, 6) is -0.362. The molecule has 124 valence electrons. The molecule has 0 fully saturated rings. The highest BCUT2D eigenvalue weighted by molar-refractivity contribution is 8.02. The average Bonchev–Trinajstić information content (AvgIpc) is 2.84. The van der Waals surface area contributed by atoms with E-state index < -0.39 is 0 Å². The maximum Gasteiger partial charge on any atom is 0.233 e. The van der Waals surface area contributed by atoms with Crippen LogP contribution >= 0.6 is 23.1 Å². The van der Waals surface area contributed by atoms with E-state index in [0.29, 0.717) is 15.2 Å². The number of benzene rings is 1. The van der Waals surface area contributed by atoms with Crippen molar-refractivity contribution < 1.29 is 9.18 Å². The molecule has 0 bridgehead atoms. The molecule has 2 N–H and O–H groups in total. The molecule has 0 unspecified atom stereocenters. The van der Waals surface area contributed by atoms with Gasteiger partial charge in [0.2, 0.25) is 11.0 Å². The van der Waals surface area contributed by atoms with Crippen LogP contribution in [0.3, 0.4) is 0 Å². The molecule has 5 nitrogen and oxygen atoms in total. The molecule has 2 rings (SSSR count).